The van der Waals surface area contributed by atoms with Crippen molar-refractivity contribution >= 4 is 22.9 Å². The second-order valence-corrected chi connectivity index (χ2v) is 8.81. The SMILES string of the molecule is CN(C)c1ccc(CN(CC2CCCO2)C(=O)c2cnc(-c3ccccc3)s2)cc1. The molecule has 30 heavy (non-hydrogen) atoms. The lowest BCUT2D eigenvalue weighted by Gasteiger charge is -2.25. The number of nitrogens with zero attached hydrogens (tertiary/aromatic N) is 3. The summed E-state index contributed by atoms with van der Waals surface area (Å²) in [5, 5.41) is 0.867. The van der Waals surface area contributed by atoms with Crippen LogP contribution in [0.3, 0.4) is 0 Å². The zero-order valence-corrected chi connectivity index (χ0v) is 18.3. The molecule has 4 rings (SSSR count). The van der Waals surface area contributed by atoms with Gasteiger partial charge in [0.15, 0.2) is 0 Å². The van der Waals surface area contributed by atoms with Gasteiger partial charge in [0.25, 0.3) is 5.91 Å². The number of aromatic nitrogens is 1. The highest BCUT2D eigenvalue weighted by molar-refractivity contribution is 7.16. The molecule has 1 unspecified atom stereocenters. The zero-order valence-electron chi connectivity index (χ0n) is 17.5. The zero-order chi connectivity index (χ0) is 20.9. The first-order chi connectivity index (χ1) is 14.6. The van der Waals surface area contributed by atoms with Crippen molar-refractivity contribution in [1.29, 1.82) is 0 Å². The first-order valence-electron chi connectivity index (χ1n) is 10.3. The van der Waals surface area contributed by atoms with E-state index in [1.807, 2.05) is 49.3 Å². The first-order valence-corrected chi connectivity index (χ1v) is 11.1. The van der Waals surface area contributed by atoms with Crippen molar-refractivity contribution in [2.75, 3.05) is 32.1 Å². The Labute approximate surface area is 181 Å². The van der Waals surface area contributed by atoms with E-state index in [0.29, 0.717) is 18.0 Å². The number of benzene rings is 2. The third-order valence-corrected chi connectivity index (χ3v) is 6.33. The lowest BCUT2D eigenvalue weighted by Crippen LogP contribution is -2.36. The summed E-state index contributed by atoms with van der Waals surface area (Å²) in [6.07, 6.45) is 3.87. The van der Waals surface area contributed by atoms with Gasteiger partial charge >= 0.3 is 0 Å². The van der Waals surface area contributed by atoms with Gasteiger partial charge in [-0.3, -0.25) is 4.79 Å². The van der Waals surface area contributed by atoms with Crippen LogP contribution >= 0.6 is 11.3 Å². The minimum absolute atomic E-state index is 0.0156. The van der Waals surface area contributed by atoms with Crippen LogP contribution in [0.4, 0.5) is 5.69 Å². The minimum atomic E-state index is 0.0156. The molecule has 1 aromatic heterocycles. The Kier molecular flexibility index (Phi) is 6.45. The molecule has 2 aromatic carbocycles. The Bertz CT molecular complexity index is 964. The molecular formula is C24H27N3O2S. The minimum Gasteiger partial charge on any atom is -0.378 e. The number of anilines is 1. The first kappa shape index (κ1) is 20.6. The second kappa shape index (κ2) is 9.41. The van der Waals surface area contributed by atoms with Crippen LogP contribution in [0.1, 0.15) is 28.1 Å². The van der Waals surface area contributed by atoms with Gasteiger partial charge in [-0.05, 0) is 30.5 Å². The number of carbonyl (C=O) groups is 1. The van der Waals surface area contributed by atoms with Gasteiger partial charge in [-0.1, -0.05) is 42.5 Å². The normalized spacial score (nSPS) is 15.9. The van der Waals surface area contributed by atoms with E-state index in [9.17, 15) is 4.79 Å². The third kappa shape index (κ3) is 4.89. The standard InChI is InChI=1S/C24H27N3O2S/c1-26(2)20-12-10-18(11-13-20)16-27(17-21-9-6-14-29-21)24(28)22-15-25-23(30-22)19-7-4-3-5-8-19/h3-5,7-8,10-13,15,21H,6,9,14,16-17H2,1-2H3. The Hall–Kier alpha value is -2.70. The Morgan fingerprint density at radius 1 is 1.13 bits per heavy atom. The summed E-state index contributed by atoms with van der Waals surface area (Å²) in [5.74, 6) is 0.0156. The number of thiazole rings is 1. The van der Waals surface area contributed by atoms with Crippen molar-refractivity contribution in [3.63, 3.8) is 0 Å². The lowest BCUT2D eigenvalue weighted by molar-refractivity contribution is 0.0511. The molecule has 156 valence electrons. The van der Waals surface area contributed by atoms with Crippen molar-refractivity contribution in [2.24, 2.45) is 0 Å². The van der Waals surface area contributed by atoms with Crippen LogP contribution < -0.4 is 4.90 Å². The maximum atomic E-state index is 13.4. The predicted octanol–water partition coefficient (Wildman–Crippen LogP) is 4.70. The number of rotatable bonds is 7. The molecule has 0 spiro atoms. The molecule has 0 N–H and O–H groups in total. The fourth-order valence-corrected chi connectivity index (χ4v) is 4.51. The molecule has 0 saturated carbocycles. The van der Waals surface area contributed by atoms with Gasteiger partial charge in [0.1, 0.15) is 9.88 Å². The molecule has 6 heteroatoms. The van der Waals surface area contributed by atoms with Gasteiger partial charge in [0, 0.05) is 45.0 Å². The number of hydrogen-bond acceptors (Lipinski definition) is 5. The van der Waals surface area contributed by atoms with Gasteiger partial charge in [0.2, 0.25) is 0 Å². The van der Waals surface area contributed by atoms with Crippen molar-refractivity contribution in [2.45, 2.75) is 25.5 Å². The smallest absolute Gasteiger partial charge is 0.265 e. The summed E-state index contributed by atoms with van der Waals surface area (Å²) in [5.41, 5.74) is 3.29. The fraction of sp³-hybridized carbons (Fsp3) is 0.333. The molecule has 0 bridgehead atoms. The van der Waals surface area contributed by atoms with Gasteiger partial charge < -0.3 is 14.5 Å². The van der Waals surface area contributed by atoms with Crippen LogP contribution in [0.5, 0.6) is 0 Å². The lowest BCUT2D eigenvalue weighted by atomic mass is 10.1. The summed E-state index contributed by atoms with van der Waals surface area (Å²) in [6, 6.07) is 18.3. The Morgan fingerprint density at radius 3 is 2.57 bits per heavy atom. The van der Waals surface area contributed by atoms with Crippen LogP contribution in [0.25, 0.3) is 10.6 Å². The quantitative estimate of drug-likeness (QED) is 0.555. The van der Waals surface area contributed by atoms with Gasteiger partial charge in [-0.25, -0.2) is 4.98 Å². The molecular weight excluding hydrogens is 394 g/mol. The number of ether oxygens (including phenoxy) is 1. The number of amides is 1. The van der Waals surface area contributed by atoms with Crippen LogP contribution in [0, 0.1) is 0 Å². The van der Waals surface area contributed by atoms with Crippen molar-refractivity contribution < 1.29 is 9.53 Å². The molecule has 1 fully saturated rings. The van der Waals surface area contributed by atoms with E-state index in [-0.39, 0.29) is 12.0 Å². The molecule has 0 aliphatic carbocycles. The van der Waals surface area contributed by atoms with Crippen LogP contribution in [-0.2, 0) is 11.3 Å². The molecule has 2 heterocycles. The van der Waals surface area contributed by atoms with E-state index < -0.39 is 0 Å². The highest BCUT2D eigenvalue weighted by atomic mass is 32.1. The summed E-state index contributed by atoms with van der Waals surface area (Å²) in [7, 11) is 4.05. The number of hydrogen-bond donors (Lipinski definition) is 0. The molecule has 1 saturated heterocycles. The highest BCUT2D eigenvalue weighted by Gasteiger charge is 2.25. The van der Waals surface area contributed by atoms with E-state index in [4.69, 9.17) is 4.74 Å². The van der Waals surface area contributed by atoms with Gasteiger partial charge in [-0.15, -0.1) is 11.3 Å². The molecule has 1 aliphatic heterocycles. The molecule has 1 atom stereocenters. The van der Waals surface area contributed by atoms with Crippen LogP contribution in [0.2, 0.25) is 0 Å². The van der Waals surface area contributed by atoms with E-state index in [2.05, 4.69) is 34.1 Å². The van der Waals surface area contributed by atoms with E-state index in [1.165, 1.54) is 11.3 Å². The third-order valence-electron chi connectivity index (χ3n) is 5.30. The maximum Gasteiger partial charge on any atom is 0.265 e. The monoisotopic (exact) mass is 421 g/mol. The number of carbonyl (C=O) groups excluding carboxylic acids is 1. The Balaban J connectivity index is 1.54. The topological polar surface area (TPSA) is 45.7 Å². The predicted molar refractivity (Wildman–Crippen MR) is 122 cm³/mol. The molecule has 1 aliphatic rings. The maximum absolute atomic E-state index is 13.4. The largest absolute Gasteiger partial charge is 0.378 e. The van der Waals surface area contributed by atoms with Gasteiger partial charge in [0.05, 0.1) is 12.3 Å². The van der Waals surface area contributed by atoms with E-state index >= 15 is 0 Å². The van der Waals surface area contributed by atoms with Gasteiger partial charge in [-0.2, -0.15) is 0 Å². The fourth-order valence-electron chi connectivity index (χ4n) is 3.62. The Morgan fingerprint density at radius 2 is 1.90 bits per heavy atom. The molecule has 5 nitrogen and oxygen atoms in total. The van der Waals surface area contributed by atoms with Crippen molar-refractivity contribution in [3.8, 4) is 10.6 Å². The molecule has 1 amide bonds. The second-order valence-electron chi connectivity index (χ2n) is 7.78. The molecule has 3 aromatic rings. The average molecular weight is 422 g/mol. The molecule has 0 radical (unpaired) electrons. The highest BCUT2D eigenvalue weighted by Crippen LogP contribution is 2.27. The summed E-state index contributed by atoms with van der Waals surface area (Å²) in [6.45, 7) is 1.95. The van der Waals surface area contributed by atoms with Crippen molar-refractivity contribution in [1.82, 2.24) is 9.88 Å². The van der Waals surface area contributed by atoms with E-state index in [0.717, 1.165) is 41.3 Å². The van der Waals surface area contributed by atoms with E-state index in [1.54, 1.807) is 6.20 Å². The summed E-state index contributed by atoms with van der Waals surface area (Å²) >= 11 is 1.45. The van der Waals surface area contributed by atoms with Crippen molar-refractivity contribution in [3.05, 3.63) is 71.2 Å². The average Bonchev–Trinajstić information content (AvgIpc) is 3.46. The summed E-state index contributed by atoms with van der Waals surface area (Å²) in [4.78, 5) is 22.5. The summed E-state index contributed by atoms with van der Waals surface area (Å²) < 4.78 is 5.82. The van der Waals surface area contributed by atoms with Crippen LogP contribution in [-0.4, -0.2) is 49.1 Å². The van der Waals surface area contributed by atoms with Crippen LogP contribution in [0.15, 0.2) is 60.8 Å².